The van der Waals surface area contributed by atoms with E-state index in [1.165, 1.54) is 89.9 Å². The van der Waals surface area contributed by atoms with Crippen LogP contribution >= 0.6 is 23.5 Å². The minimum atomic E-state index is -0.774. The van der Waals surface area contributed by atoms with E-state index in [0.717, 1.165) is 62.0 Å². The number of ether oxygens (including phenoxy) is 1. The zero-order chi connectivity index (χ0) is 33.3. The number of phenolic OH excluding ortho intramolecular Hbond substituents is 1. The van der Waals surface area contributed by atoms with Gasteiger partial charge in [0.2, 0.25) is 0 Å². The molecule has 1 fully saturated rings. The van der Waals surface area contributed by atoms with Gasteiger partial charge in [-0.1, -0.05) is 116 Å². The number of ketones is 1. The Hall–Kier alpha value is -1.18. The van der Waals surface area contributed by atoms with Crippen molar-refractivity contribution < 1.29 is 24.5 Å². The topological polar surface area (TPSA) is 83.8 Å². The molecular weight excluding hydrogens is 613 g/mol. The van der Waals surface area contributed by atoms with E-state index in [9.17, 15) is 19.8 Å². The lowest BCUT2D eigenvalue weighted by molar-refractivity contribution is -0.151. The average Bonchev–Trinajstić information content (AvgIpc) is 3.03. The molecule has 2 rings (SSSR count). The fourth-order valence-corrected chi connectivity index (χ4v) is 9.86. The van der Waals surface area contributed by atoms with Crippen LogP contribution in [-0.2, 0) is 20.7 Å². The number of aryl methyl sites for hydroxylation is 1. The van der Waals surface area contributed by atoms with E-state index in [2.05, 4.69) is 13.8 Å². The summed E-state index contributed by atoms with van der Waals surface area (Å²) in [5.74, 6) is 1.71. The number of unbranched alkanes of at least 4 members (excludes halogenated alkanes) is 14. The van der Waals surface area contributed by atoms with Gasteiger partial charge in [0.05, 0.1) is 10.2 Å². The number of aliphatic hydroxyl groups is 1. The van der Waals surface area contributed by atoms with Crippen molar-refractivity contribution in [3.05, 3.63) is 29.8 Å². The number of thioether (sulfide) groups is 2. The van der Waals surface area contributed by atoms with Gasteiger partial charge in [-0.25, -0.2) is 0 Å². The molecule has 1 aromatic carbocycles. The van der Waals surface area contributed by atoms with Crippen LogP contribution in [0.4, 0.5) is 0 Å². The number of aliphatic hydroxyl groups excluding tert-OH is 1. The van der Waals surface area contributed by atoms with Gasteiger partial charge >= 0.3 is 5.97 Å². The Bertz CT molecular complexity index is 895. The molecule has 0 unspecified atom stereocenters. The van der Waals surface area contributed by atoms with Gasteiger partial charge in [0.25, 0.3) is 0 Å². The van der Waals surface area contributed by atoms with Crippen molar-refractivity contribution in [3.63, 3.8) is 0 Å². The highest BCUT2D eigenvalue weighted by Crippen LogP contribution is 2.49. The van der Waals surface area contributed by atoms with Gasteiger partial charge in [-0.2, -0.15) is 0 Å². The molecule has 0 bridgehead atoms. The Labute approximate surface area is 290 Å². The number of carbonyl (C=O) groups excluding carboxylic acids is 2. The summed E-state index contributed by atoms with van der Waals surface area (Å²) in [4.78, 5) is 25.8. The first-order valence-corrected chi connectivity index (χ1v) is 20.8. The van der Waals surface area contributed by atoms with E-state index in [0.29, 0.717) is 6.42 Å². The molecule has 0 amide bonds. The highest BCUT2D eigenvalue weighted by atomic mass is 32.2. The van der Waals surface area contributed by atoms with Gasteiger partial charge in [-0.05, 0) is 80.6 Å². The largest absolute Gasteiger partial charge is 0.508 e. The summed E-state index contributed by atoms with van der Waals surface area (Å²) in [6, 6.07) is 7.32. The number of Topliss-reactive ketones (excluding diaryl/α,β-unsaturated/α-hetero) is 1. The summed E-state index contributed by atoms with van der Waals surface area (Å²) in [7, 11) is 0. The van der Waals surface area contributed by atoms with E-state index in [1.807, 2.05) is 35.7 Å². The van der Waals surface area contributed by atoms with Gasteiger partial charge in [0.1, 0.15) is 24.1 Å². The first-order valence-electron chi connectivity index (χ1n) is 18.8. The van der Waals surface area contributed by atoms with Crippen LogP contribution in [0.5, 0.6) is 5.75 Å². The molecule has 1 saturated heterocycles. The third kappa shape index (κ3) is 19.6. The van der Waals surface area contributed by atoms with Crippen LogP contribution in [0.15, 0.2) is 24.3 Å². The Kier molecular flexibility index (Phi) is 23.0. The van der Waals surface area contributed by atoms with Crippen LogP contribution in [0, 0.1) is 0 Å². The zero-order valence-electron chi connectivity index (χ0n) is 29.3. The maximum atomic E-state index is 12.9. The van der Waals surface area contributed by atoms with Crippen LogP contribution in [0.1, 0.15) is 167 Å². The maximum absolute atomic E-state index is 12.9. The summed E-state index contributed by atoms with van der Waals surface area (Å²) >= 11 is 3.79. The van der Waals surface area contributed by atoms with Crippen LogP contribution in [0.2, 0.25) is 0 Å². The highest BCUT2D eigenvalue weighted by molar-refractivity contribution is 8.18. The predicted octanol–water partition coefficient (Wildman–Crippen LogP) is 11.0. The highest BCUT2D eigenvalue weighted by Gasteiger charge is 2.36. The Morgan fingerprint density at radius 3 is 1.80 bits per heavy atom. The minimum absolute atomic E-state index is 0.00207. The first-order chi connectivity index (χ1) is 22.4. The molecule has 0 aliphatic carbocycles. The van der Waals surface area contributed by atoms with E-state index in [4.69, 9.17) is 4.74 Å². The number of hydrogen-bond acceptors (Lipinski definition) is 7. The molecule has 1 aliphatic heterocycles. The number of benzene rings is 1. The van der Waals surface area contributed by atoms with Gasteiger partial charge < -0.3 is 14.9 Å². The minimum Gasteiger partial charge on any atom is -0.508 e. The van der Waals surface area contributed by atoms with Crippen molar-refractivity contribution in [2.24, 2.45) is 0 Å². The zero-order valence-corrected chi connectivity index (χ0v) is 30.9. The van der Waals surface area contributed by atoms with Crippen molar-refractivity contribution in [2.45, 2.75) is 184 Å². The molecule has 1 aromatic rings. The van der Waals surface area contributed by atoms with Crippen LogP contribution in [0.3, 0.4) is 0 Å². The van der Waals surface area contributed by atoms with Gasteiger partial charge in [-0.15, -0.1) is 23.5 Å². The lowest BCUT2D eigenvalue weighted by Crippen LogP contribution is -2.32. The molecule has 264 valence electrons. The molecule has 5 nitrogen and oxygen atoms in total. The number of hydrogen-bond donors (Lipinski definition) is 2. The quantitative estimate of drug-likeness (QED) is 0.0518. The molecule has 0 aromatic heterocycles. The summed E-state index contributed by atoms with van der Waals surface area (Å²) in [6.45, 7) is 4.49. The summed E-state index contributed by atoms with van der Waals surface area (Å²) < 4.78 is 5.77. The Morgan fingerprint density at radius 2 is 1.28 bits per heavy atom. The van der Waals surface area contributed by atoms with Crippen molar-refractivity contribution in [1.29, 1.82) is 0 Å². The number of esters is 1. The van der Waals surface area contributed by atoms with Crippen molar-refractivity contribution in [2.75, 3.05) is 11.5 Å². The normalized spacial score (nSPS) is 15.2. The molecule has 1 heterocycles. The van der Waals surface area contributed by atoms with E-state index < -0.39 is 12.1 Å². The molecule has 0 saturated carbocycles. The Balaban J connectivity index is 1.79. The fraction of sp³-hybridized carbons (Fsp3) is 0.795. The number of carbonyl (C=O) groups is 2. The second-order valence-electron chi connectivity index (χ2n) is 13.5. The molecule has 46 heavy (non-hydrogen) atoms. The smallest absolute Gasteiger partial charge is 0.313 e. The molecule has 2 N–H and O–H groups in total. The second-order valence-corrected chi connectivity index (χ2v) is 16.8. The predicted molar refractivity (Wildman–Crippen MR) is 198 cm³/mol. The second kappa shape index (κ2) is 25.8. The number of phenols is 1. The van der Waals surface area contributed by atoms with Gasteiger partial charge in [-0.3, -0.25) is 9.59 Å². The van der Waals surface area contributed by atoms with Gasteiger partial charge in [0, 0.05) is 6.42 Å². The van der Waals surface area contributed by atoms with Crippen LogP contribution in [0.25, 0.3) is 0 Å². The van der Waals surface area contributed by atoms with E-state index in [-0.39, 0.29) is 34.6 Å². The van der Waals surface area contributed by atoms with Crippen LogP contribution < -0.4 is 0 Å². The molecule has 1 aliphatic rings. The third-order valence-corrected chi connectivity index (χ3v) is 12.6. The fourth-order valence-electron chi connectivity index (χ4n) is 6.41. The standard InChI is InChI=1S/C39H66O5S2/c1-3-5-7-9-11-13-15-17-20-37(21-18-16-14-12-10-8-6-4-2)44-38(43)31-35(41)30-36(42)32-39(45-28-19-29-46-39)27-26-33-22-24-34(40)25-23-33/h22-25,36-37,40,42H,3-21,26-32H2,1-2H3/t36-/m0/s1. The summed E-state index contributed by atoms with van der Waals surface area (Å²) in [5, 5.41) is 20.6. The summed E-state index contributed by atoms with van der Waals surface area (Å²) in [5.41, 5.74) is 1.16. The molecule has 0 radical (unpaired) electrons. The number of rotatable bonds is 28. The lowest BCUT2D eigenvalue weighted by atomic mass is 10.0. The lowest BCUT2D eigenvalue weighted by Gasteiger charge is -2.37. The van der Waals surface area contributed by atoms with E-state index in [1.54, 1.807) is 12.1 Å². The monoisotopic (exact) mass is 678 g/mol. The molecular formula is C39H66O5S2. The number of aromatic hydroxyl groups is 1. The van der Waals surface area contributed by atoms with Crippen molar-refractivity contribution >= 4 is 35.3 Å². The van der Waals surface area contributed by atoms with Crippen molar-refractivity contribution in [1.82, 2.24) is 0 Å². The summed E-state index contributed by atoms with van der Waals surface area (Å²) in [6.07, 6.45) is 24.1. The third-order valence-electron chi connectivity index (χ3n) is 9.16. The van der Waals surface area contributed by atoms with E-state index >= 15 is 0 Å². The average molecular weight is 679 g/mol. The Morgan fingerprint density at radius 1 is 0.783 bits per heavy atom. The molecule has 1 atom stereocenters. The van der Waals surface area contributed by atoms with Crippen molar-refractivity contribution in [3.8, 4) is 5.75 Å². The van der Waals surface area contributed by atoms with Crippen LogP contribution in [-0.4, -0.2) is 49.8 Å². The molecule has 7 heteroatoms. The SMILES string of the molecule is CCCCCCCCCCC(CCCCCCCCCC)OC(=O)CC(=O)C[C@H](O)CC1(CCc2ccc(O)cc2)SCCCS1. The molecule has 0 spiro atoms. The first kappa shape index (κ1) is 41.0. The maximum Gasteiger partial charge on any atom is 0.313 e. The van der Waals surface area contributed by atoms with Gasteiger partial charge in [0.15, 0.2) is 0 Å².